The average molecular weight is 128 g/mol. The summed E-state index contributed by atoms with van der Waals surface area (Å²) < 4.78 is 0.0544. The van der Waals surface area contributed by atoms with E-state index in [4.69, 9.17) is 0 Å². The topological polar surface area (TPSA) is 0 Å². The van der Waals surface area contributed by atoms with Crippen molar-refractivity contribution in [2.24, 2.45) is 0 Å². The van der Waals surface area contributed by atoms with E-state index in [1.807, 2.05) is 0 Å². The first-order valence-corrected chi connectivity index (χ1v) is 3.25. The number of allylic oxidation sites excluding steroid dienone is 1. The first kappa shape index (κ1) is 8.15. The van der Waals surface area contributed by atoms with E-state index in [-0.39, 0.29) is 4.75 Å². The molecular weight excluding hydrogens is 115 g/mol. The molecule has 8 heavy (non-hydrogen) atoms. The van der Waals surface area contributed by atoms with Crippen LogP contribution in [0.4, 0.5) is 0 Å². The minimum atomic E-state index is 0.0544. The Bertz CT molecular complexity index is 95.6. The number of hydrogen-bond donors (Lipinski definition) is 1. The monoisotopic (exact) mass is 128 g/mol. The molecule has 0 aliphatic rings. The van der Waals surface area contributed by atoms with Gasteiger partial charge in [-0.05, 0) is 13.8 Å². The summed E-state index contributed by atoms with van der Waals surface area (Å²) in [5.41, 5.74) is 1.32. The molecule has 0 aromatic heterocycles. The maximum Gasteiger partial charge on any atom is 0.133 e. The number of hydrogen-bond acceptors (Lipinski definition) is 1. The normalized spacial score (nSPS) is 14.2. The van der Waals surface area contributed by atoms with Crippen LogP contribution in [0.15, 0.2) is 11.5 Å². The standard InChI is InChI=1S/C6H13BS/c1-5(7)4-6(2,3)8/h4,8H,7H2,1-3H3/b5-4+. The lowest BCUT2D eigenvalue weighted by atomic mass is 9.94. The summed E-state index contributed by atoms with van der Waals surface area (Å²) in [5, 5.41) is 0. The van der Waals surface area contributed by atoms with Crippen molar-refractivity contribution < 1.29 is 0 Å². The van der Waals surface area contributed by atoms with Gasteiger partial charge < -0.3 is 0 Å². The van der Waals surface area contributed by atoms with Crippen molar-refractivity contribution >= 4 is 20.5 Å². The van der Waals surface area contributed by atoms with Crippen molar-refractivity contribution in [1.29, 1.82) is 0 Å². The highest BCUT2D eigenvalue weighted by Crippen LogP contribution is 2.14. The maximum atomic E-state index is 4.32. The Morgan fingerprint density at radius 2 is 2.00 bits per heavy atom. The Morgan fingerprint density at radius 3 is 2.00 bits per heavy atom. The van der Waals surface area contributed by atoms with E-state index < -0.39 is 0 Å². The molecule has 0 aliphatic carbocycles. The Kier molecular flexibility index (Phi) is 2.68. The van der Waals surface area contributed by atoms with Gasteiger partial charge in [0, 0.05) is 4.75 Å². The molecule has 0 rings (SSSR count). The van der Waals surface area contributed by atoms with Crippen molar-refractivity contribution in [3.63, 3.8) is 0 Å². The van der Waals surface area contributed by atoms with E-state index in [1.165, 1.54) is 5.47 Å². The van der Waals surface area contributed by atoms with Gasteiger partial charge in [-0.2, -0.15) is 12.6 Å². The Balaban J connectivity index is 3.89. The lowest BCUT2D eigenvalue weighted by molar-refractivity contribution is 0.904. The van der Waals surface area contributed by atoms with Crippen LogP contribution in [0.2, 0.25) is 0 Å². The van der Waals surface area contributed by atoms with E-state index in [1.54, 1.807) is 0 Å². The van der Waals surface area contributed by atoms with Crippen LogP contribution in [0, 0.1) is 0 Å². The molecule has 0 aromatic rings. The molecule has 0 saturated heterocycles. The van der Waals surface area contributed by atoms with Gasteiger partial charge in [0.25, 0.3) is 0 Å². The third-order valence-electron chi connectivity index (χ3n) is 0.642. The lowest BCUT2D eigenvalue weighted by Crippen LogP contribution is -2.05. The van der Waals surface area contributed by atoms with Crippen LogP contribution in [0.3, 0.4) is 0 Å². The lowest BCUT2D eigenvalue weighted by Gasteiger charge is -2.10. The molecule has 0 saturated carbocycles. The molecular formula is C6H13BS. The molecule has 0 atom stereocenters. The van der Waals surface area contributed by atoms with Crippen molar-refractivity contribution in [1.82, 2.24) is 0 Å². The third kappa shape index (κ3) is 6.15. The summed E-state index contributed by atoms with van der Waals surface area (Å²) in [5.74, 6) is 0. The average Bonchev–Trinajstić information content (AvgIpc) is 1.21. The second-order valence-corrected chi connectivity index (χ2v) is 4.03. The molecule has 0 N–H and O–H groups in total. The summed E-state index contributed by atoms with van der Waals surface area (Å²) >= 11 is 4.32. The summed E-state index contributed by atoms with van der Waals surface area (Å²) in [7, 11) is 2.08. The third-order valence-corrected chi connectivity index (χ3v) is 0.771. The smallest absolute Gasteiger partial charge is 0.133 e. The number of rotatable bonds is 1. The SMILES string of the molecule is B/C(C)=C/C(C)(C)S. The minimum Gasteiger partial charge on any atom is -0.169 e. The van der Waals surface area contributed by atoms with E-state index in [9.17, 15) is 0 Å². The van der Waals surface area contributed by atoms with E-state index in [0.29, 0.717) is 0 Å². The van der Waals surface area contributed by atoms with Crippen molar-refractivity contribution in [2.75, 3.05) is 0 Å². The van der Waals surface area contributed by atoms with Crippen LogP contribution >= 0.6 is 12.6 Å². The predicted molar refractivity (Wildman–Crippen MR) is 45.4 cm³/mol. The first-order chi connectivity index (χ1) is 3.42. The highest BCUT2D eigenvalue weighted by Gasteiger charge is 2.04. The van der Waals surface area contributed by atoms with E-state index >= 15 is 0 Å². The molecule has 0 bridgehead atoms. The van der Waals surface area contributed by atoms with E-state index in [0.717, 1.165) is 0 Å². The number of thiol groups is 1. The zero-order chi connectivity index (χ0) is 6.78. The Labute approximate surface area is 58.2 Å². The quantitative estimate of drug-likeness (QED) is 0.398. The van der Waals surface area contributed by atoms with Crippen LogP contribution < -0.4 is 0 Å². The first-order valence-electron chi connectivity index (χ1n) is 2.80. The molecule has 0 aromatic carbocycles. The largest absolute Gasteiger partial charge is 0.169 e. The van der Waals surface area contributed by atoms with Gasteiger partial charge in [0.1, 0.15) is 7.85 Å². The van der Waals surface area contributed by atoms with Gasteiger partial charge in [-0.1, -0.05) is 13.0 Å². The van der Waals surface area contributed by atoms with Crippen LogP contribution in [0.25, 0.3) is 0 Å². The molecule has 0 radical (unpaired) electrons. The fourth-order valence-corrected chi connectivity index (χ4v) is 0.965. The second kappa shape index (κ2) is 2.63. The van der Waals surface area contributed by atoms with Crippen molar-refractivity contribution in [3.05, 3.63) is 11.5 Å². The van der Waals surface area contributed by atoms with Gasteiger partial charge in [-0.3, -0.25) is 0 Å². The fraction of sp³-hybridized carbons (Fsp3) is 0.667. The van der Waals surface area contributed by atoms with Crippen LogP contribution in [0.5, 0.6) is 0 Å². The molecule has 0 fully saturated rings. The van der Waals surface area contributed by atoms with Gasteiger partial charge in [-0.25, -0.2) is 0 Å². The van der Waals surface area contributed by atoms with Gasteiger partial charge in [-0.15, -0.1) is 5.47 Å². The van der Waals surface area contributed by atoms with E-state index in [2.05, 4.69) is 47.3 Å². The molecule has 0 amide bonds. The fourth-order valence-electron chi connectivity index (χ4n) is 0.706. The van der Waals surface area contributed by atoms with Crippen molar-refractivity contribution in [2.45, 2.75) is 25.5 Å². The summed E-state index contributed by atoms with van der Waals surface area (Å²) in [6, 6.07) is 0. The van der Waals surface area contributed by atoms with Gasteiger partial charge in [0.15, 0.2) is 0 Å². The molecule has 0 nitrogen and oxygen atoms in total. The zero-order valence-corrected chi connectivity index (χ0v) is 6.92. The molecule has 0 aliphatic heterocycles. The minimum absolute atomic E-state index is 0.0544. The molecule has 0 unspecified atom stereocenters. The highest BCUT2D eigenvalue weighted by molar-refractivity contribution is 7.82. The Hall–Kier alpha value is 0.155. The van der Waals surface area contributed by atoms with Gasteiger partial charge in [0.2, 0.25) is 0 Å². The highest BCUT2D eigenvalue weighted by atomic mass is 32.1. The summed E-state index contributed by atoms with van der Waals surface area (Å²) in [6.07, 6.45) is 2.14. The molecule has 0 heterocycles. The van der Waals surface area contributed by atoms with Crippen LogP contribution in [-0.2, 0) is 0 Å². The molecule has 2 heteroatoms. The van der Waals surface area contributed by atoms with Gasteiger partial charge in [0.05, 0.1) is 0 Å². The summed E-state index contributed by atoms with van der Waals surface area (Å²) in [4.78, 5) is 0. The predicted octanol–water partition coefficient (Wildman–Crippen LogP) is 1.23. The summed E-state index contributed by atoms with van der Waals surface area (Å²) in [6.45, 7) is 6.23. The zero-order valence-electron chi connectivity index (χ0n) is 6.02. The Morgan fingerprint density at radius 1 is 1.62 bits per heavy atom. The van der Waals surface area contributed by atoms with Gasteiger partial charge >= 0.3 is 0 Å². The molecule has 46 valence electrons. The van der Waals surface area contributed by atoms with Crippen LogP contribution in [-0.4, -0.2) is 12.6 Å². The molecule has 0 spiro atoms. The second-order valence-electron chi connectivity index (χ2n) is 2.88. The van der Waals surface area contributed by atoms with Crippen molar-refractivity contribution in [3.8, 4) is 0 Å². The van der Waals surface area contributed by atoms with Crippen LogP contribution in [0.1, 0.15) is 20.8 Å². The maximum absolute atomic E-state index is 4.32.